The first-order chi connectivity index (χ1) is 15.8. The van der Waals surface area contributed by atoms with Crippen LogP contribution in [0.2, 0.25) is 0 Å². The zero-order chi connectivity index (χ0) is 26.6. The molecule has 1 aliphatic carbocycles. The lowest BCUT2D eigenvalue weighted by Crippen LogP contribution is -2.56. The summed E-state index contributed by atoms with van der Waals surface area (Å²) < 4.78 is 104. The summed E-state index contributed by atoms with van der Waals surface area (Å²) in [6.07, 6.45) is -18.7. The number of nitrogens with zero attached hydrogens (tertiary/aromatic N) is 2. The van der Waals surface area contributed by atoms with Crippen molar-refractivity contribution in [3.8, 4) is 0 Å². The van der Waals surface area contributed by atoms with E-state index >= 15 is 0 Å². The van der Waals surface area contributed by atoms with Gasteiger partial charge in [0.1, 0.15) is 5.82 Å². The molecular weight excluding hydrogens is 307 g/mol. The maximum atomic E-state index is 14.0. The molecule has 128 valence electrons. The van der Waals surface area contributed by atoms with Gasteiger partial charge in [-0.3, -0.25) is 9.59 Å². The van der Waals surface area contributed by atoms with E-state index in [4.69, 9.17) is 15.1 Å². The Morgan fingerprint density at radius 3 is 2.88 bits per heavy atom. The van der Waals surface area contributed by atoms with Gasteiger partial charge in [0.2, 0.25) is 11.8 Å². The Morgan fingerprint density at radius 1 is 1.29 bits per heavy atom. The molecule has 5 heteroatoms. The average molecular weight is 341 g/mol. The Labute approximate surface area is 157 Å². The predicted molar refractivity (Wildman–Crippen MR) is 87.7 cm³/mol. The van der Waals surface area contributed by atoms with Crippen LogP contribution >= 0.6 is 0 Å². The van der Waals surface area contributed by atoms with E-state index in [0.29, 0.717) is 22.4 Å². The summed E-state index contributed by atoms with van der Waals surface area (Å²) in [5.41, 5.74) is 1.09. The number of rotatable bonds is 1. The Kier molecular flexibility index (Phi) is 1.94. The summed E-state index contributed by atoms with van der Waals surface area (Å²) in [6, 6.07) is 3.07. The Balaban J connectivity index is 1.82. The van der Waals surface area contributed by atoms with E-state index in [1.54, 1.807) is 0 Å². The average Bonchev–Trinajstić information content (AvgIpc) is 2.76. The molecular formula is C19H23FN2O2. The van der Waals surface area contributed by atoms with Crippen LogP contribution in [0.3, 0.4) is 0 Å². The first-order valence-corrected chi connectivity index (χ1v) is 7.64. The van der Waals surface area contributed by atoms with Crippen LogP contribution < -0.4 is 0 Å². The number of hydrogen-bond donors (Lipinski definition) is 0. The molecule has 1 aromatic rings. The van der Waals surface area contributed by atoms with E-state index in [9.17, 15) is 14.0 Å². The van der Waals surface area contributed by atoms with Crippen molar-refractivity contribution >= 4 is 11.8 Å². The third-order valence-corrected chi connectivity index (χ3v) is 4.51. The Morgan fingerprint density at radius 2 is 2.08 bits per heavy atom. The van der Waals surface area contributed by atoms with E-state index in [-0.39, 0.29) is 13.1 Å². The molecule has 0 unspecified atom stereocenters. The highest BCUT2D eigenvalue weighted by molar-refractivity contribution is 5.87. The van der Waals surface area contributed by atoms with Gasteiger partial charge in [0.05, 0.1) is 12.6 Å². The largest absolute Gasteiger partial charge is 0.332 e. The standard InChI is InChI=1S/C19H23FN2O2/c20-15-7-6-13-8-9-22-17(16(13)10-15)11-21(12-18(22)23)19(24)14-4-2-1-3-5-14/h6-7,10,14,17H,1-5,8-9,11-12H2/t17-/m0/s1/i1D2,2D2,3D2,4D2,5D2,14D. The fourth-order valence-electron chi connectivity index (χ4n) is 3.36. The lowest BCUT2D eigenvalue weighted by atomic mass is 9.86. The predicted octanol–water partition coefficient (Wildman–Crippen LogP) is 2.67. The molecule has 1 saturated carbocycles. The molecule has 2 amide bonds. The molecule has 0 spiro atoms. The van der Waals surface area contributed by atoms with E-state index in [0.717, 1.165) is 0 Å². The van der Waals surface area contributed by atoms with Crippen molar-refractivity contribution in [1.82, 2.24) is 9.80 Å². The smallest absolute Gasteiger partial charge is 0.242 e. The maximum Gasteiger partial charge on any atom is 0.242 e. The second kappa shape index (κ2) is 6.19. The van der Waals surface area contributed by atoms with Crippen LogP contribution in [0.25, 0.3) is 0 Å². The molecule has 2 aliphatic heterocycles. The van der Waals surface area contributed by atoms with Crippen molar-refractivity contribution in [1.29, 1.82) is 0 Å². The van der Waals surface area contributed by atoms with Gasteiger partial charge in [-0.05, 0) is 42.4 Å². The highest BCUT2D eigenvalue weighted by atomic mass is 19.1. The van der Waals surface area contributed by atoms with Gasteiger partial charge in [-0.2, -0.15) is 0 Å². The van der Waals surface area contributed by atoms with Crippen LogP contribution in [0.5, 0.6) is 0 Å². The molecule has 2 heterocycles. The van der Waals surface area contributed by atoms with Crippen LogP contribution in [0.4, 0.5) is 4.39 Å². The molecule has 4 nitrogen and oxygen atoms in total. The third kappa shape index (κ3) is 2.70. The van der Waals surface area contributed by atoms with Crippen molar-refractivity contribution in [2.24, 2.45) is 5.89 Å². The molecule has 24 heavy (non-hydrogen) atoms. The summed E-state index contributed by atoms with van der Waals surface area (Å²) in [4.78, 5) is 28.6. The quantitative estimate of drug-likeness (QED) is 0.788. The van der Waals surface area contributed by atoms with Gasteiger partial charge >= 0.3 is 0 Å². The van der Waals surface area contributed by atoms with Crippen LogP contribution in [0.1, 0.15) is 64.1 Å². The van der Waals surface area contributed by atoms with Crippen LogP contribution in [0.15, 0.2) is 18.2 Å². The second-order valence-electron chi connectivity index (χ2n) is 5.88. The minimum absolute atomic E-state index is 0.253. The van der Waals surface area contributed by atoms with Crippen LogP contribution in [-0.2, 0) is 16.0 Å². The number of benzene rings is 1. The molecule has 1 saturated heterocycles. The summed E-state index contributed by atoms with van der Waals surface area (Å²) in [7, 11) is 0. The van der Waals surface area contributed by atoms with Gasteiger partial charge in [0.15, 0.2) is 0 Å². The zero-order valence-electron chi connectivity index (χ0n) is 23.7. The number of fused-ring (bicyclic) bond motifs is 3. The molecule has 3 aliphatic rings. The minimum atomic E-state index is -3.85. The lowest BCUT2D eigenvalue weighted by molar-refractivity contribution is -0.152. The Bertz CT molecular complexity index is 1080. The maximum absolute atomic E-state index is 14.0. The minimum Gasteiger partial charge on any atom is -0.332 e. The van der Waals surface area contributed by atoms with Gasteiger partial charge < -0.3 is 9.80 Å². The highest BCUT2D eigenvalue weighted by Gasteiger charge is 2.40. The summed E-state index contributed by atoms with van der Waals surface area (Å²) in [6.45, 7) is -0.832. The zero-order valence-corrected chi connectivity index (χ0v) is 12.7. The first kappa shape index (κ1) is 7.54. The van der Waals surface area contributed by atoms with Gasteiger partial charge in [-0.25, -0.2) is 4.39 Å². The van der Waals surface area contributed by atoms with Gasteiger partial charge in [-0.15, -0.1) is 0 Å². The first-order valence-electron chi connectivity index (χ1n) is 13.1. The molecule has 2 fully saturated rings. The van der Waals surface area contributed by atoms with Crippen molar-refractivity contribution < 1.29 is 29.1 Å². The van der Waals surface area contributed by atoms with Crippen molar-refractivity contribution in [3.05, 3.63) is 35.1 Å². The molecule has 4 rings (SSSR count). The van der Waals surface area contributed by atoms with Gasteiger partial charge in [0, 0.05) is 34.1 Å². The molecule has 1 aromatic carbocycles. The number of amides is 2. The molecule has 0 N–H and O–H groups in total. The second-order valence-corrected chi connectivity index (χ2v) is 5.88. The van der Waals surface area contributed by atoms with Crippen LogP contribution in [0, 0.1) is 11.7 Å². The SMILES string of the molecule is [2H]C1([2H])C([2H])([2H])C([2H])([2H])C([2H])(C(=O)N2CC(=O)N3CCc4ccc(F)cc4[C@@H]3C2)C([2H])([2H])C1([2H])[2H]. The molecule has 1 atom stereocenters. The number of hydrogen-bond acceptors (Lipinski definition) is 2. The van der Waals surface area contributed by atoms with E-state index in [1.165, 1.54) is 23.1 Å². The van der Waals surface area contributed by atoms with Gasteiger partial charge in [0.25, 0.3) is 0 Å². The van der Waals surface area contributed by atoms with E-state index in [1.807, 2.05) is 0 Å². The van der Waals surface area contributed by atoms with Crippen molar-refractivity contribution in [3.63, 3.8) is 0 Å². The summed E-state index contributed by atoms with van der Waals surface area (Å²) >= 11 is 0. The fourth-order valence-corrected chi connectivity index (χ4v) is 3.36. The van der Waals surface area contributed by atoms with Crippen molar-refractivity contribution in [2.45, 2.75) is 44.3 Å². The van der Waals surface area contributed by atoms with Gasteiger partial charge in [-0.1, -0.05) is 25.2 Å². The normalized spacial score (nSPS) is 43.1. The van der Waals surface area contributed by atoms with Crippen LogP contribution in [-0.4, -0.2) is 41.2 Å². The monoisotopic (exact) mass is 341 g/mol. The third-order valence-electron chi connectivity index (χ3n) is 4.51. The van der Waals surface area contributed by atoms with E-state index in [2.05, 4.69) is 0 Å². The fraction of sp³-hybridized carbons (Fsp3) is 0.579. The topological polar surface area (TPSA) is 40.6 Å². The summed E-state index contributed by atoms with van der Waals surface area (Å²) in [5.74, 6) is -6.72. The lowest BCUT2D eigenvalue weighted by Gasteiger charge is -2.45. The van der Waals surface area contributed by atoms with Crippen molar-refractivity contribution in [2.75, 3.05) is 19.6 Å². The number of carbonyl (C=O) groups is 2. The Hall–Kier alpha value is -1.91. The molecule has 0 bridgehead atoms. The number of carbonyl (C=O) groups excluding carboxylic acids is 2. The molecule has 0 aromatic heterocycles. The number of halogens is 1. The van der Waals surface area contributed by atoms with E-state index < -0.39 is 68.0 Å². The number of piperazine rings is 1. The highest BCUT2D eigenvalue weighted by Crippen LogP contribution is 2.35. The summed E-state index contributed by atoms with van der Waals surface area (Å²) in [5, 5.41) is 0. The molecule has 0 radical (unpaired) electrons.